The second kappa shape index (κ2) is 5.61. The van der Waals surface area contributed by atoms with Crippen molar-refractivity contribution < 1.29 is 23.8 Å². The third kappa shape index (κ3) is 2.82. The van der Waals surface area contributed by atoms with Gasteiger partial charge in [0.05, 0.1) is 0 Å². The second-order valence-electron chi connectivity index (χ2n) is 3.87. The van der Waals surface area contributed by atoms with Crippen LogP contribution in [0.25, 0.3) is 0 Å². The molecular formula is C13H8F2INO3. The number of hydrogen-bond donors (Lipinski definition) is 3. The van der Waals surface area contributed by atoms with Crippen molar-refractivity contribution in [1.82, 2.24) is 0 Å². The van der Waals surface area contributed by atoms with E-state index in [4.69, 9.17) is 0 Å². The topological polar surface area (TPSA) is 69.6 Å². The van der Waals surface area contributed by atoms with Gasteiger partial charge in [-0.15, -0.1) is 0 Å². The van der Waals surface area contributed by atoms with E-state index in [1.54, 1.807) is 0 Å². The lowest BCUT2D eigenvalue weighted by atomic mass is 10.1. The first-order valence-electron chi connectivity index (χ1n) is 5.37. The van der Waals surface area contributed by atoms with Gasteiger partial charge in [0.2, 0.25) is 0 Å². The summed E-state index contributed by atoms with van der Waals surface area (Å²) in [5.41, 5.74) is -1.09. The molecule has 0 unspecified atom stereocenters. The fourth-order valence-corrected chi connectivity index (χ4v) is 2.19. The summed E-state index contributed by atoms with van der Waals surface area (Å²) in [6.45, 7) is 0. The van der Waals surface area contributed by atoms with Gasteiger partial charge in [0.15, 0.2) is 0 Å². The molecule has 2 aromatic carbocycles. The highest BCUT2D eigenvalue weighted by molar-refractivity contribution is 14.1. The number of carbonyl (C=O) groups is 1. The van der Waals surface area contributed by atoms with Gasteiger partial charge < -0.3 is 15.5 Å². The van der Waals surface area contributed by atoms with Gasteiger partial charge in [-0.05, 0) is 46.9 Å². The molecule has 0 aliphatic carbocycles. The summed E-state index contributed by atoms with van der Waals surface area (Å²) >= 11 is 1.85. The predicted molar refractivity (Wildman–Crippen MR) is 76.8 cm³/mol. The van der Waals surface area contributed by atoms with E-state index in [2.05, 4.69) is 5.32 Å². The third-order valence-corrected chi connectivity index (χ3v) is 3.11. The van der Waals surface area contributed by atoms with Crippen LogP contribution in [-0.2, 0) is 0 Å². The maximum atomic E-state index is 13.4. The molecular weight excluding hydrogens is 383 g/mol. The van der Waals surface area contributed by atoms with E-state index in [0.29, 0.717) is 3.57 Å². The Balaban J connectivity index is 2.38. The zero-order chi connectivity index (χ0) is 14.9. The number of phenolic OH excluding ortho intramolecular Hbond substituents is 2. The number of aromatic hydroxyl groups is 2. The fourth-order valence-electron chi connectivity index (χ4n) is 1.60. The van der Waals surface area contributed by atoms with E-state index in [0.717, 1.165) is 18.2 Å². The molecule has 0 bridgehead atoms. The summed E-state index contributed by atoms with van der Waals surface area (Å²) in [5.74, 6) is -3.98. The van der Waals surface area contributed by atoms with Crippen LogP contribution in [0.3, 0.4) is 0 Å². The Morgan fingerprint density at radius 2 is 1.60 bits per heavy atom. The molecule has 4 nitrogen and oxygen atoms in total. The van der Waals surface area contributed by atoms with Crippen molar-refractivity contribution >= 4 is 34.2 Å². The van der Waals surface area contributed by atoms with E-state index in [1.807, 2.05) is 22.6 Å². The number of carbonyl (C=O) groups excluding carboxylic acids is 1. The molecule has 0 saturated carbocycles. The van der Waals surface area contributed by atoms with Gasteiger partial charge in [-0.2, -0.15) is 0 Å². The normalized spacial score (nSPS) is 10.3. The third-order valence-electron chi connectivity index (χ3n) is 2.49. The summed E-state index contributed by atoms with van der Waals surface area (Å²) in [6, 6.07) is 5.57. The first kappa shape index (κ1) is 14.5. The van der Waals surface area contributed by atoms with E-state index >= 15 is 0 Å². The van der Waals surface area contributed by atoms with Gasteiger partial charge in [-0.1, -0.05) is 6.07 Å². The zero-order valence-electron chi connectivity index (χ0n) is 9.82. The van der Waals surface area contributed by atoms with Crippen molar-refractivity contribution in [2.45, 2.75) is 0 Å². The number of hydrogen-bond acceptors (Lipinski definition) is 3. The van der Waals surface area contributed by atoms with Crippen LogP contribution in [0.4, 0.5) is 14.5 Å². The monoisotopic (exact) mass is 391 g/mol. The minimum Gasteiger partial charge on any atom is -0.506 e. The van der Waals surface area contributed by atoms with Gasteiger partial charge in [-0.25, -0.2) is 8.78 Å². The lowest BCUT2D eigenvalue weighted by molar-refractivity contribution is 0.101. The zero-order valence-corrected chi connectivity index (χ0v) is 12.0. The minimum absolute atomic E-state index is 0.307. The fraction of sp³-hybridized carbons (Fsp3) is 0. The molecule has 104 valence electrons. The molecule has 0 saturated heterocycles. The summed E-state index contributed by atoms with van der Waals surface area (Å²) in [4.78, 5) is 11.8. The molecule has 0 heterocycles. The van der Waals surface area contributed by atoms with Gasteiger partial charge in [0.25, 0.3) is 5.91 Å². The highest BCUT2D eigenvalue weighted by Gasteiger charge is 2.20. The van der Waals surface area contributed by atoms with Crippen molar-refractivity contribution in [3.8, 4) is 11.5 Å². The number of anilines is 1. The lowest BCUT2D eigenvalue weighted by Gasteiger charge is -2.10. The van der Waals surface area contributed by atoms with Crippen LogP contribution in [0.1, 0.15) is 10.4 Å². The summed E-state index contributed by atoms with van der Waals surface area (Å²) in [6.07, 6.45) is 0. The maximum Gasteiger partial charge on any atom is 0.261 e. The Hall–Kier alpha value is -1.90. The molecule has 3 N–H and O–H groups in total. The Morgan fingerprint density at radius 3 is 2.10 bits per heavy atom. The molecule has 20 heavy (non-hydrogen) atoms. The highest BCUT2D eigenvalue weighted by Crippen LogP contribution is 2.35. The van der Waals surface area contributed by atoms with Crippen LogP contribution < -0.4 is 5.32 Å². The summed E-state index contributed by atoms with van der Waals surface area (Å²) in [5, 5.41) is 21.4. The van der Waals surface area contributed by atoms with Gasteiger partial charge in [0.1, 0.15) is 34.4 Å². The first-order valence-corrected chi connectivity index (χ1v) is 6.45. The lowest BCUT2D eigenvalue weighted by Crippen LogP contribution is -2.16. The van der Waals surface area contributed by atoms with Crippen LogP contribution in [0.15, 0.2) is 30.3 Å². The van der Waals surface area contributed by atoms with E-state index in [-0.39, 0.29) is 5.69 Å². The Labute approximate surface area is 126 Å². The molecule has 0 atom stereocenters. The smallest absolute Gasteiger partial charge is 0.261 e. The Kier molecular flexibility index (Phi) is 4.07. The average molecular weight is 391 g/mol. The maximum absolute atomic E-state index is 13.4. The molecule has 0 aliphatic heterocycles. The van der Waals surface area contributed by atoms with Crippen LogP contribution in [0, 0.1) is 15.2 Å². The van der Waals surface area contributed by atoms with Gasteiger partial charge in [0, 0.05) is 3.57 Å². The van der Waals surface area contributed by atoms with E-state index in [9.17, 15) is 23.8 Å². The Bertz CT molecular complexity index is 648. The molecule has 0 aliphatic rings. The standard InChI is InChI=1S/C13H8F2INO3/c14-7-2-1-3-8(15)11(7)13(20)17-12-9(18)4-6(16)5-10(12)19/h1-5,18-19H,(H,17,20). The average Bonchev–Trinajstić information content (AvgIpc) is 2.33. The number of amides is 1. The number of phenols is 2. The van der Waals surface area contributed by atoms with E-state index < -0.39 is 34.6 Å². The number of rotatable bonds is 2. The first-order chi connectivity index (χ1) is 9.40. The second-order valence-corrected chi connectivity index (χ2v) is 5.12. The number of halogens is 3. The van der Waals surface area contributed by atoms with Gasteiger partial charge >= 0.3 is 0 Å². The molecule has 1 amide bonds. The molecule has 0 radical (unpaired) electrons. The number of benzene rings is 2. The molecule has 0 aromatic heterocycles. The van der Waals surface area contributed by atoms with Crippen LogP contribution in [-0.4, -0.2) is 16.1 Å². The minimum atomic E-state index is -1.10. The van der Waals surface area contributed by atoms with Crippen molar-refractivity contribution in [3.63, 3.8) is 0 Å². The summed E-state index contributed by atoms with van der Waals surface area (Å²) < 4.78 is 27.4. The molecule has 2 aromatic rings. The van der Waals surface area contributed by atoms with Crippen molar-refractivity contribution in [2.24, 2.45) is 0 Å². The van der Waals surface area contributed by atoms with Crippen molar-refractivity contribution in [1.29, 1.82) is 0 Å². The number of nitrogens with one attached hydrogen (secondary N) is 1. The molecule has 7 heteroatoms. The van der Waals surface area contributed by atoms with E-state index in [1.165, 1.54) is 12.1 Å². The Morgan fingerprint density at radius 1 is 1.10 bits per heavy atom. The predicted octanol–water partition coefficient (Wildman–Crippen LogP) is 3.23. The van der Waals surface area contributed by atoms with Crippen molar-refractivity contribution in [2.75, 3.05) is 5.32 Å². The summed E-state index contributed by atoms with van der Waals surface area (Å²) in [7, 11) is 0. The largest absolute Gasteiger partial charge is 0.506 e. The molecule has 2 rings (SSSR count). The molecule has 0 spiro atoms. The quantitative estimate of drug-likeness (QED) is 0.544. The van der Waals surface area contributed by atoms with Gasteiger partial charge in [-0.3, -0.25) is 4.79 Å². The van der Waals surface area contributed by atoms with Crippen LogP contribution in [0.2, 0.25) is 0 Å². The van der Waals surface area contributed by atoms with Crippen LogP contribution >= 0.6 is 22.6 Å². The van der Waals surface area contributed by atoms with Crippen LogP contribution in [0.5, 0.6) is 11.5 Å². The SMILES string of the molecule is O=C(Nc1c(O)cc(I)cc1O)c1c(F)cccc1F. The molecule has 0 fully saturated rings. The highest BCUT2D eigenvalue weighted by atomic mass is 127. The van der Waals surface area contributed by atoms with Crippen molar-refractivity contribution in [3.05, 3.63) is 51.1 Å².